The van der Waals surface area contributed by atoms with Crippen LogP contribution in [0.15, 0.2) is 53.0 Å². The number of carbonyl (C=O) groups excluding carboxylic acids is 3. The third-order valence-corrected chi connectivity index (χ3v) is 4.26. The van der Waals surface area contributed by atoms with Crippen LogP contribution in [0.25, 0.3) is 0 Å². The number of hydrogen-bond donors (Lipinski definition) is 3. The van der Waals surface area contributed by atoms with Crippen molar-refractivity contribution in [2.24, 2.45) is 0 Å². The molecule has 3 N–H and O–H groups in total. The van der Waals surface area contributed by atoms with Crippen molar-refractivity contribution < 1.29 is 19.1 Å². The zero-order valence-corrected chi connectivity index (χ0v) is 16.3. The summed E-state index contributed by atoms with van der Waals surface area (Å²) >= 11 is 3.29. The van der Waals surface area contributed by atoms with E-state index in [1.165, 1.54) is 7.11 Å². The van der Waals surface area contributed by atoms with Crippen molar-refractivity contribution >= 4 is 33.7 Å². The number of ether oxygens (including phenoxy) is 1. The Morgan fingerprint density at radius 3 is 2.33 bits per heavy atom. The highest BCUT2D eigenvalue weighted by molar-refractivity contribution is 9.10. The van der Waals surface area contributed by atoms with E-state index in [0.717, 1.165) is 5.56 Å². The van der Waals surface area contributed by atoms with Crippen molar-refractivity contribution in [2.45, 2.75) is 19.4 Å². The fraction of sp³-hybridized carbons (Fsp3) is 0.211. The molecule has 0 heterocycles. The average molecular weight is 434 g/mol. The largest absolute Gasteiger partial charge is 0.496 e. The van der Waals surface area contributed by atoms with Gasteiger partial charge in [0.15, 0.2) is 0 Å². The molecule has 0 aliphatic rings. The van der Waals surface area contributed by atoms with Gasteiger partial charge in [-0.25, -0.2) is 0 Å². The number of carbonyl (C=O) groups is 3. The lowest BCUT2D eigenvalue weighted by Gasteiger charge is -2.09. The van der Waals surface area contributed by atoms with Gasteiger partial charge < -0.3 is 10.1 Å². The third-order valence-electron chi connectivity index (χ3n) is 3.64. The van der Waals surface area contributed by atoms with Crippen LogP contribution < -0.4 is 20.9 Å². The van der Waals surface area contributed by atoms with Crippen LogP contribution in [-0.2, 0) is 16.1 Å². The molecule has 2 aromatic carbocycles. The summed E-state index contributed by atoms with van der Waals surface area (Å²) in [6.07, 6.45) is -0.00414. The minimum Gasteiger partial charge on any atom is -0.496 e. The second-order valence-corrected chi connectivity index (χ2v) is 6.47. The van der Waals surface area contributed by atoms with Crippen LogP contribution in [0.2, 0.25) is 0 Å². The first-order chi connectivity index (χ1) is 13.0. The lowest BCUT2D eigenvalue weighted by atomic mass is 10.2. The molecular weight excluding hydrogens is 414 g/mol. The Hall–Kier alpha value is -2.87. The van der Waals surface area contributed by atoms with Gasteiger partial charge in [-0.15, -0.1) is 0 Å². The van der Waals surface area contributed by atoms with Crippen LogP contribution in [0.1, 0.15) is 28.8 Å². The Bertz CT molecular complexity index is 812. The van der Waals surface area contributed by atoms with E-state index in [-0.39, 0.29) is 18.7 Å². The molecule has 7 nitrogen and oxygen atoms in total. The molecule has 0 bridgehead atoms. The van der Waals surface area contributed by atoms with Gasteiger partial charge in [0.1, 0.15) is 5.75 Å². The molecule has 3 amide bonds. The maximum absolute atomic E-state index is 12.0. The van der Waals surface area contributed by atoms with Gasteiger partial charge in [-0.3, -0.25) is 25.2 Å². The van der Waals surface area contributed by atoms with Gasteiger partial charge in [-0.1, -0.05) is 30.3 Å². The third kappa shape index (κ3) is 6.74. The molecule has 142 valence electrons. The monoisotopic (exact) mass is 433 g/mol. The predicted molar refractivity (Wildman–Crippen MR) is 104 cm³/mol. The fourth-order valence-corrected chi connectivity index (χ4v) is 2.72. The number of methoxy groups -OCH3 is 1. The SMILES string of the molecule is COc1ccc(C(=O)NNC(=O)CCC(=O)NCc2ccccc2)cc1Br. The van der Waals surface area contributed by atoms with E-state index in [1.54, 1.807) is 18.2 Å². The van der Waals surface area contributed by atoms with Crippen molar-refractivity contribution in [3.63, 3.8) is 0 Å². The van der Waals surface area contributed by atoms with E-state index in [0.29, 0.717) is 22.3 Å². The van der Waals surface area contributed by atoms with Crippen LogP contribution >= 0.6 is 15.9 Å². The molecule has 0 fully saturated rings. The molecule has 0 saturated heterocycles. The minimum atomic E-state index is -0.472. The first-order valence-corrected chi connectivity index (χ1v) is 9.02. The van der Waals surface area contributed by atoms with E-state index in [9.17, 15) is 14.4 Å². The molecule has 0 saturated carbocycles. The van der Waals surface area contributed by atoms with Gasteiger partial charge in [0.25, 0.3) is 5.91 Å². The number of rotatable bonds is 7. The van der Waals surface area contributed by atoms with Gasteiger partial charge in [0.2, 0.25) is 11.8 Å². The lowest BCUT2D eigenvalue weighted by Crippen LogP contribution is -2.42. The Balaban J connectivity index is 1.70. The number of nitrogens with one attached hydrogen (secondary N) is 3. The maximum Gasteiger partial charge on any atom is 0.269 e. The molecular formula is C19H20BrN3O4. The summed E-state index contributed by atoms with van der Waals surface area (Å²) in [7, 11) is 1.52. The average Bonchev–Trinajstić information content (AvgIpc) is 2.69. The molecule has 8 heteroatoms. The lowest BCUT2D eigenvalue weighted by molar-refractivity contribution is -0.126. The topological polar surface area (TPSA) is 96.5 Å². The second-order valence-electron chi connectivity index (χ2n) is 5.61. The Morgan fingerprint density at radius 1 is 0.963 bits per heavy atom. The van der Waals surface area contributed by atoms with Gasteiger partial charge >= 0.3 is 0 Å². The van der Waals surface area contributed by atoms with E-state index < -0.39 is 11.8 Å². The van der Waals surface area contributed by atoms with Crippen LogP contribution in [0, 0.1) is 0 Å². The molecule has 0 aliphatic heterocycles. The summed E-state index contributed by atoms with van der Waals surface area (Å²) in [5.74, 6) is -0.567. The van der Waals surface area contributed by atoms with Crippen molar-refractivity contribution in [1.29, 1.82) is 0 Å². The normalized spacial score (nSPS) is 10.0. The van der Waals surface area contributed by atoms with E-state index in [2.05, 4.69) is 32.1 Å². The maximum atomic E-state index is 12.0. The Morgan fingerprint density at radius 2 is 1.67 bits per heavy atom. The number of amides is 3. The molecule has 27 heavy (non-hydrogen) atoms. The number of hydrogen-bond acceptors (Lipinski definition) is 4. The summed E-state index contributed by atoms with van der Waals surface area (Å²) in [6.45, 7) is 0.407. The van der Waals surface area contributed by atoms with Crippen LogP contribution in [0.5, 0.6) is 5.75 Å². The van der Waals surface area contributed by atoms with Crippen molar-refractivity contribution in [1.82, 2.24) is 16.2 Å². The van der Waals surface area contributed by atoms with E-state index in [4.69, 9.17) is 4.74 Å². The van der Waals surface area contributed by atoms with Gasteiger partial charge in [0.05, 0.1) is 11.6 Å². The summed E-state index contributed by atoms with van der Waals surface area (Å²) in [5.41, 5.74) is 5.94. The van der Waals surface area contributed by atoms with Crippen LogP contribution in [0.3, 0.4) is 0 Å². The van der Waals surface area contributed by atoms with Gasteiger partial charge in [-0.05, 0) is 39.7 Å². The van der Waals surface area contributed by atoms with E-state index in [1.807, 2.05) is 30.3 Å². The first-order valence-electron chi connectivity index (χ1n) is 8.23. The van der Waals surface area contributed by atoms with Crippen molar-refractivity contribution in [3.05, 3.63) is 64.1 Å². The zero-order valence-electron chi connectivity index (χ0n) is 14.8. The van der Waals surface area contributed by atoms with Crippen molar-refractivity contribution in [3.8, 4) is 5.75 Å². The fourth-order valence-electron chi connectivity index (χ4n) is 2.18. The summed E-state index contributed by atoms with van der Waals surface area (Å²) < 4.78 is 5.72. The predicted octanol–water partition coefficient (Wildman–Crippen LogP) is 2.32. The number of benzene rings is 2. The van der Waals surface area contributed by atoms with Crippen LogP contribution in [-0.4, -0.2) is 24.8 Å². The Kier molecular flexibility index (Phi) is 7.81. The number of hydrazine groups is 1. The molecule has 0 aliphatic carbocycles. The highest BCUT2D eigenvalue weighted by atomic mass is 79.9. The molecule has 0 unspecified atom stereocenters. The quantitative estimate of drug-likeness (QED) is 0.583. The minimum absolute atomic E-state index is 0.0304. The number of halogens is 1. The molecule has 0 spiro atoms. The van der Waals surface area contributed by atoms with Crippen molar-refractivity contribution in [2.75, 3.05) is 7.11 Å². The zero-order chi connectivity index (χ0) is 19.6. The molecule has 2 aromatic rings. The molecule has 2 rings (SSSR count). The molecule has 0 radical (unpaired) electrons. The first kappa shape index (κ1) is 20.4. The summed E-state index contributed by atoms with van der Waals surface area (Å²) in [4.78, 5) is 35.6. The van der Waals surface area contributed by atoms with Gasteiger partial charge in [0, 0.05) is 24.9 Å². The smallest absolute Gasteiger partial charge is 0.269 e. The molecule has 0 aromatic heterocycles. The molecule has 0 atom stereocenters. The standard InChI is InChI=1S/C19H20BrN3O4/c1-27-16-8-7-14(11-15(16)20)19(26)23-22-18(25)10-9-17(24)21-12-13-5-3-2-4-6-13/h2-8,11H,9-10,12H2,1H3,(H,21,24)(H,22,25)(H,23,26). The van der Waals surface area contributed by atoms with E-state index >= 15 is 0 Å². The Labute approximate surface area is 165 Å². The summed E-state index contributed by atoms with van der Waals surface area (Å²) in [6, 6.07) is 14.3. The highest BCUT2D eigenvalue weighted by Gasteiger charge is 2.11. The highest BCUT2D eigenvalue weighted by Crippen LogP contribution is 2.25. The van der Waals surface area contributed by atoms with Gasteiger partial charge in [-0.2, -0.15) is 0 Å². The summed E-state index contributed by atoms with van der Waals surface area (Å²) in [5, 5.41) is 2.74. The van der Waals surface area contributed by atoms with Crippen LogP contribution in [0.4, 0.5) is 0 Å². The second kappa shape index (κ2) is 10.3.